The Morgan fingerprint density at radius 3 is 0.935 bits per heavy atom. The topological polar surface area (TPSA) is 89.8 Å². The molecule has 3 unspecified atom stereocenters. The van der Waals surface area contributed by atoms with Gasteiger partial charge in [0.25, 0.3) is 0 Å². The van der Waals surface area contributed by atoms with Crippen LogP contribution in [0.4, 0.5) is 0 Å². The lowest BCUT2D eigenvalue weighted by molar-refractivity contribution is -0.125. The Kier molecular flexibility index (Phi) is 51.9. The molecule has 0 aromatic heterocycles. The molecule has 0 saturated carbocycles. The van der Waals surface area contributed by atoms with Crippen molar-refractivity contribution in [2.75, 3.05) is 6.61 Å². The molecule has 4 N–H and O–H groups in total. The van der Waals surface area contributed by atoms with Gasteiger partial charge in [0.1, 0.15) is 0 Å². The van der Waals surface area contributed by atoms with Crippen LogP contribution >= 0.6 is 0 Å². The van der Waals surface area contributed by atoms with Crippen molar-refractivity contribution in [2.24, 2.45) is 0 Å². The van der Waals surface area contributed by atoms with Gasteiger partial charge in [0.05, 0.1) is 31.3 Å². The summed E-state index contributed by atoms with van der Waals surface area (Å²) in [7, 11) is 0. The molecular formula is C57H113NO4. The number of hydrogen-bond donors (Lipinski definition) is 4. The summed E-state index contributed by atoms with van der Waals surface area (Å²) in [5.74, 6) is -0.277. The van der Waals surface area contributed by atoms with Gasteiger partial charge >= 0.3 is 0 Å². The minimum absolute atomic E-state index is 0.0409. The molecular weight excluding hydrogens is 763 g/mol. The third-order valence-corrected chi connectivity index (χ3v) is 13.6. The molecule has 370 valence electrons. The maximum absolute atomic E-state index is 12.5. The van der Waals surface area contributed by atoms with E-state index < -0.39 is 18.2 Å². The van der Waals surface area contributed by atoms with Crippen LogP contribution in [0.15, 0.2) is 12.2 Å². The first-order valence-electron chi connectivity index (χ1n) is 28.5. The normalized spacial score (nSPS) is 13.3. The number of hydrogen-bond acceptors (Lipinski definition) is 4. The van der Waals surface area contributed by atoms with Crippen LogP contribution in [0.3, 0.4) is 0 Å². The Balaban J connectivity index is 3.48. The molecule has 0 aromatic rings. The SMILES string of the molecule is CCCCCCCCCCCCCC/C=C\CCCCCCCCCCCCCCCCC(O)CC(=O)NC(CO)C(O)CCCCCCCCCCCCCCCCCCC. The standard InChI is InChI=1S/C57H113NO4/c1-3-5-7-9-11-13-15-17-19-21-22-23-24-25-26-27-28-29-30-31-32-33-35-36-38-40-42-44-46-48-50-54(60)52-57(62)58-55(53-59)56(61)51-49-47-45-43-41-39-37-34-20-18-16-14-12-10-8-6-4-2/h25-26,54-56,59-61H,3-24,27-53H2,1-2H3,(H,58,62)/b26-25-. The summed E-state index contributed by atoms with van der Waals surface area (Å²) in [5.41, 5.74) is 0. The maximum Gasteiger partial charge on any atom is 0.222 e. The lowest BCUT2D eigenvalue weighted by atomic mass is 10.0. The van der Waals surface area contributed by atoms with Crippen LogP contribution in [0.2, 0.25) is 0 Å². The van der Waals surface area contributed by atoms with Gasteiger partial charge in [0, 0.05) is 0 Å². The van der Waals surface area contributed by atoms with Crippen molar-refractivity contribution in [1.29, 1.82) is 0 Å². The first-order chi connectivity index (χ1) is 30.5. The van der Waals surface area contributed by atoms with Crippen molar-refractivity contribution in [2.45, 2.75) is 340 Å². The van der Waals surface area contributed by atoms with Crippen LogP contribution in [0.1, 0.15) is 322 Å². The van der Waals surface area contributed by atoms with Crippen molar-refractivity contribution in [1.82, 2.24) is 5.32 Å². The number of allylic oxidation sites excluding steroid dienone is 2. The number of carbonyl (C=O) groups is 1. The molecule has 0 spiro atoms. The highest BCUT2D eigenvalue weighted by molar-refractivity contribution is 5.76. The van der Waals surface area contributed by atoms with Gasteiger partial charge in [-0.05, 0) is 38.5 Å². The van der Waals surface area contributed by atoms with Gasteiger partial charge in [0.15, 0.2) is 0 Å². The largest absolute Gasteiger partial charge is 0.394 e. The summed E-state index contributed by atoms with van der Waals surface area (Å²) in [6.45, 7) is 4.30. The number of carbonyl (C=O) groups excluding carboxylic acids is 1. The number of aliphatic hydroxyl groups excluding tert-OH is 3. The summed E-state index contributed by atoms with van der Waals surface area (Å²) in [5, 5.41) is 33.6. The second kappa shape index (κ2) is 52.7. The van der Waals surface area contributed by atoms with Crippen molar-refractivity contribution in [3.63, 3.8) is 0 Å². The summed E-state index contributed by atoms with van der Waals surface area (Å²) < 4.78 is 0. The van der Waals surface area contributed by atoms with Gasteiger partial charge in [-0.25, -0.2) is 0 Å². The second-order valence-electron chi connectivity index (χ2n) is 19.9. The van der Waals surface area contributed by atoms with E-state index in [0.717, 1.165) is 25.7 Å². The molecule has 0 rings (SSSR count). The summed E-state index contributed by atoms with van der Waals surface area (Å²) >= 11 is 0. The number of unbranched alkanes of at least 4 members (excludes halogenated alkanes) is 42. The molecule has 3 atom stereocenters. The third kappa shape index (κ3) is 48.5. The van der Waals surface area contributed by atoms with Crippen LogP contribution in [0, 0.1) is 0 Å². The lowest BCUT2D eigenvalue weighted by Gasteiger charge is -2.23. The van der Waals surface area contributed by atoms with Crippen molar-refractivity contribution in [3.05, 3.63) is 12.2 Å². The summed E-state index contributed by atoms with van der Waals surface area (Å²) in [6, 6.07) is -0.656. The van der Waals surface area contributed by atoms with E-state index >= 15 is 0 Å². The van der Waals surface area contributed by atoms with E-state index in [1.807, 2.05) is 0 Å². The fraction of sp³-hybridized carbons (Fsp3) is 0.947. The number of amides is 1. The highest BCUT2D eigenvalue weighted by Crippen LogP contribution is 2.18. The Bertz CT molecular complexity index is 879. The quantitative estimate of drug-likeness (QED) is 0.0362. The Morgan fingerprint density at radius 2 is 0.645 bits per heavy atom. The third-order valence-electron chi connectivity index (χ3n) is 13.6. The maximum atomic E-state index is 12.5. The summed E-state index contributed by atoms with van der Waals surface area (Å²) in [4.78, 5) is 12.5. The number of nitrogens with one attached hydrogen (secondary N) is 1. The first-order valence-corrected chi connectivity index (χ1v) is 28.5. The number of rotatable bonds is 53. The Hall–Kier alpha value is -0.910. The lowest BCUT2D eigenvalue weighted by Crippen LogP contribution is -2.46. The van der Waals surface area contributed by atoms with Crippen LogP contribution in [-0.2, 0) is 4.79 Å². The Morgan fingerprint density at radius 1 is 0.387 bits per heavy atom. The number of aliphatic hydroxyl groups is 3. The Labute approximate surface area is 389 Å². The molecule has 0 bridgehead atoms. The van der Waals surface area contributed by atoms with Gasteiger partial charge in [-0.2, -0.15) is 0 Å². The van der Waals surface area contributed by atoms with Crippen LogP contribution in [0.25, 0.3) is 0 Å². The zero-order valence-corrected chi connectivity index (χ0v) is 42.3. The van der Waals surface area contributed by atoms with Crippen molar-refractivity contribution in [3.8, 4) is 0 Å². The minimum Gasteiger partial charge on any atom is -0.394 e. The molecule has 0 saturated heterocycles. The molecule has 0 fully saturated rings. The predicted octanol–water partition coefficient (Wildman–Crippen LogP) is 17.5. The van der Waals surface area contributed by atoms with E-state index in [1.54, 1.807) is 0 Å². The van der Waals surface area contributed by atoms with Gasteiger partial charge in [0.2, 0.25) is 5.91 Å². The fourth-order valence-electron chi connectivity index (χ4n) is 9.23. The summed E-state index contributed by atoms with van der Waals surface area (Å²) in [6.07, 6.45) is 65.2. The van der Waals surface area contributed by atoms with Gasteiger partial charge < -0.3 is 20.6 Å². The molecule has 0 heterocycles. The second-order valence-corrected chi connectivity index (χ2v) is 19.9. The molecule has 0 aromatic carbocycles. The molecule has 1 amide bonds. The highest BCUT2D eigenvalue weighted by atomic mass is 16.3. The first kappa shape index (κ1) is 61.1. The molecule has 0 radical (unpaired) electrons. The van der Waals surface area contributed by atoms with Gasteiger partial charge in [-0.15, -0.1) is 0 Å². The highest BCUT2D eigenvalue weighted by Gasteiger charge is 2.21. The van der Waals surface area contributed by atoms with E-state index in [9.17, 15) is 20.1 Å². The molecule has 0 aliphatic heterocycles. The molecule has 5 heteroatoms. The smallest absolute Gasteiger partial charge is 0.222 e. The van der Waals surface area contributed by atoms with Gasteiger partial charge in [-0.3, -0.25) is 4.79 Å². The molecule has 62 heavy (non-hydrogen) atoms. The average molecular weight is 877 g/mol. The van der Waals surface area contributed by atoms with E-state index in [2.05, 4.69) is 31.3 Å². The predicted molar refractivity (Wildman–Crippen MR) is 273 cm³/mol. The molecule has 5 nitrogen and oxygen atoms in total. The van der Waals surface area contributed by atoms with E-state index in [1.165, 1.54) is 263 Å². The molecule has 0 aliphatic carbocycles. The molecule has 0 aliphatic rings. The minimum atomic E-state index is -0.747. The zero-order valence-electron chi connectivity index (χ0n) is 42.3. The van der Waals surface area contributed by atoms with Crippen LogP contribution < -0.4 is 5.32 Å². The van der Waals surface area contributed by atoms with Crippen LogP contribution in [0.5, 0.6) is 0 Å². The zero-order chi connectivity index (χ0) is 45.1. The monoisotopic (exact) mass is 876 g/mol. The van der Waals surface area contributed by atoms with Gasteiger partial charge in [-0.1, -0.05) is 289 Å². The van der Waals surface area contributed by atoms with Crippen molar-refractivity contribution < 1.29 is 20.1 Å². The fourth-order valence-corrected chi connectivity index (χ4v) is 9.23. The van der Waals surface area contributed by atoms with E-state index in [4.69, 9.17) is 0 Å². The van der Waals surface area contributed by atoms with E-state index in [-0.39, 0.29) is 18.9 Å². The average Bonchev–Trinajstić information content (AvgIpc) is 3.27. The van der Waals surface area contributed by atoms with E-state index in [0.29, 0.717) is 12.8 Å². The van der Waals surface area contributed by atoms with Crippen molar-refractivity contribution >= 4 is 5.91 Å². The van der Waals surface area contributed by atoms with Crippen LogP contribution in [-0.4, -0.2) is 46.1 Å².